The Morgan fingerprint density at radius 2 is 1.74 bits per heavy atom. The second kappa shape index (κ2) is 12.0. The average molecular weight is 525 g/mol. The number of hydrogen-bond donors (Lipinski definition) is 1. The van der Waals surface area contributed by atoms with Crippen LogP contribution in [0.5, 0.6) is 0 Å². The number of thioether (sulfide) groups is 1. The van der Waals surface area contributed by atoms with E-state index in [0.29, 0.717) is 24.8 Å². The molecular weight excluding hydrogens is 488 g/mol. The molecule has 0 spiro atoms. The van der Waals surface area contributed by atoms with E-state index >= 15 is 0 Å². The van der Waals surface area contributed by atoms with E-state index in [1.165, 1.54) is 16.7 Å². The zero-order chi connectivity index (χ0) is 26.5. The first-order chi connectivity index (χ1) is 18.5. The van der Waals surface area contributed by atoms with Crippen LogP contribution in [0.3, 0.4) is 0 Å². The van der Waals surface area contributed by atoms with Crippen LogP contribution in [0.15, 0.2) is 83.8 Å². The highest BCUT2D eigenvalue weighted by atomic mass is 32.2. The van der Waals surface area contributed by atoms with Crippen LogP contribution in [0, 0.1) is 19.8 Å². The minimum Gasteiger partial charge on any atom is -0.356 e. The molecule has 5 heteroatoms. The van der Waals surface area contributed by atoms with E-state index in [1.54, 1.807) is 11.8 Å². The zero-order valence-corrected chi connectivity index (χ0v) is 23.0. The summed E-state index contributed by atoms with van der Waals surface area (Å²) in [6, 6.07) is 27.0. The number of carbonyl (C=O) groups excluding carboxylic acids is 2. The molecule has 1 saturated heterocycles. The lowest BCUT2D eigenvalue weighted by Gasteiger charge is -2.46. The van der Waals surface area contributed by atoms with Gasteiger partial charge in [0.25, 0.3) is 5.91 Å². The van der Waals surface area contributed by atoms with Crippen molar-refractivity contribution >= 4 is 29.7 Å². The van der Waals surface area contributed by atoms with Crippen molar-refractivity contribution in [1.82, 2.24) is 10.2 Å². The van der Waals surface area contributed by atoms with Crippen molar-refractivity contribution in [2.45, 2.75) is 57.4 Å². The molecule has 5 rings (SSSR count). The van der Waals surface area contributed by atoms with Crippen LogP contribution in [0.1, 0.15) is 47.1 Å². The molecule has 196 valence electrons. The molecule has 2 fully saturated rings. The number of carbonyl (C=O) groups is 2. The number of hydrogen-bond acceptors (Lipinski definition) is 3. The Labute approximate surface area is 230 Å². The summed E-state index contributed by atoms with van der Waals surface area (Å²) < 4.78 is 0. The Balaban J connectivity index is 1.30. The fourth-order valence-electron chi connectivity index (χ4n) is 5.55. The number of aryl methyl sites for hydroxylation is 2. The molecule has 0 aromatic heterocycles. The van der Waals surface area contributed by atoms with Crippen LogP contribution in [-0.2, 0) is 22.6 Å². The molecule has 1 heterocycles. The van der Waals surface area contributed by atoms with E-state index in [1.807, 2.05) is 41.3 Å². The Morgan fingerprint density at radius 1 is 0.947 bits per heavy atom. The monoisotopic (exact) mass is 524 g/mol. The Kier molecular flexibility index (Phi) is 8.33. The van der Waals surface area contributed by atoms with Crippen molar-refractivity contribution in [2.75, 3.05) is 6.54 Å². The van der Waals surface area contributed by atoms with Gasteiger partial charge in [-0.25, -0.2) is 0 Å². The Bertz CT molecular complexity index is 1300. The lowest BCUT2D eigenvalue weighted by Crippen LogP contribution is -2.53. The smallest absolute Gasteiger partial charge is 0.260 e. The first-order valence-corrected chi connectivity index (χ1v) is 14.5. The molecule has 3 atom stereocenters. The molecule has 2 aliphatic rings. The number of benzene rings is 3. The van der Waals surface area contributed by atoms with Crippen LogP contribution in [0.25, 0.3) is 6.08 Å². The molecule has 1 saturated carbocycles. The van der Waals surface area contributed by atoms with Gasteiger partial charge in [-0.1, -0.05) is 90.0 Å². The van der Waals surface area contributed by atoms with Gasteiger partial charge in [-0.15, -0.1) is 11.8 Å². The molecule has 3 aromatic rings. The fraction of sp³-hybridized carbons (Fsp3) is 0.333. The van der Waals surface area contributed by atoms with Crippen molar-refractivity contribution in [2.24, 2.45) is 5.92 Å². The molecule has 3 unspecified atom stereocenters. The predicted molar refractivity (Wildman–Crippen MR) is 157 cm³/mol. The van der Waals surface area contributed by atoms with E-state index in [4.69, 9.17) is 0 Å². The fourth-order valence-corrected chi connectivity index (χ4v) is 6.97. The second-order valence-electron chi connectivity index (χ2n) is 10.6. The van der Waals surface area contributed by atoms with Crippen LogP contribution in [0.2, 0.25) is 0 Å². The maximum Gasteiger partial charge on any atom is 0.260 e. The molecule has 38 heavy (non-hydrogen) atoms. The maximum atomic E-state index is 13.8. The summed E-state index contributed by atoms with van der Waals surface area (Å²) in [6.07, 6.45) is 5.34. The Hall–Kier alpha value is -3.31. The largest absolute Gasteiger partial charge is 0.356 e. The van der Waals surface area contributed by atoms with Crippen LogP contribution in [0.4, 0.5) is 0 Å². The van der Waals surface area contributed by atoms with Gasteiger partial charge in [0.1, 0.15) is 0 Å². The van der Waals surface area contributed by atoms with Gasteiger partial charge >= 0.3 is 0 Å². The van der Waals surface area contributed by atoms with E-state index < -0.39 is 0 Å². The second-order valence-corrected chi connectivity index (χ2v) is 11.9. The van der Waals surface area contributed by atoms with Crippen molar-refractivity contribution in [1.29, 1.82) is 0 Å². The summed E-state index contributed by atoms with van der Waals surface area (Å²) in [6.45, 7) is 5.37. The van der Waals surface area contributed by atoms with Crippen molar-refractivity contribution in [3.63, 3.8) is 0 Å². The van der Waals surface area contributed by atoms with Crippen LogP contribution < -0.4 is 5.32 Å². The SMILES string of the molecule is Cc1ccc(CCNC(=O)C2CCC3S/C(=C\c4ccccc4)C(=O)N(Cc4cccc(C)c4)C3C2)cc1. The quantitative estimate of drug-likeness (QED) is 0.368. The molecule has 0 bridgehead atoms. The lowest BCUT2D eigenvalue weighted by molar-refractivity contribution is -0.133. The zero-order valence-electron chi connectivity index (χ0n) is 22.2. The van der Waals surface area contributed by atoms with Gasteiger partial charge in [0.2, 0.25) is 5.91 Å². The normalized spacial score (nSPS) is 22.3. The van der Waals surface area contributed by atoms with Crippen LogP contribution >= 0.6 is 11.8 Å². The third kappa shape index (κ3) is 6.39. The molecule has 4 nitrogen and oxygen atoms in total. The average Bonchev–Trinajstić information content (AvgIpc) is 2.92. The molecule has 2 amide bonds. The van der Waals surface area contributed by atoms with Crippen molar-refractivity contribution in [3.05, 3.63) is 112 Å². The number of fused-ring (bicyclic) bond motifs is 1. The minimum atomic E-state index is -0.0673. The summed E-state index contributed by atoms with van der Waals surface area (Å²) in [5, 5.41) is 3.47. The summed E-state index contributed by atoms with van der Waals surface area (Å²) >= 11 is 1.70. The summed E-state index contributed by atoms with van der Waals surface area (Å²) in [5.74, 6) is 0.124. The first-order valence-electron chi connectivity index (χ1n) is 13.6. The van der Waals surface area contributed by atoms with Crippen molar-refractivity contribution in [3.8, 4) is 0 Å². The third-order valence-corrected chi connectivity index (χ3v) is 9.04. The van der Waals surface area contributed by atoms with E-state index in [0.717, 1.165) is 35.3 Å². The van der Waals surface area contributed by atoms with Gasteiger partial charge in [-0.05, 0) is 62.3 Å². The van der Waals surface area contributed by atoms with Gasteiger partial charge < -0.3 is 10.2 Å². The summed E-state index contributed by atoms with van der Waals surface area (Å²) in [4.78, 5) is 29.9. The molecule has 1 aliphatic heterocycles. The third-order valence-electron chi connectivity index (χ3n) is 7.64. The highest BCUT2D eigenvalue weighted by Gasteiger charge is 2.44. The molecular formula is C33H36N2O2S. The van der Waals surface area contributed by atoms with Gasteiger partial charge in [0.05, 0.1) is 4.91 Å². The summed E-state index contributed by atoms with van der Waals surface area (Å²) in [7, 11) is 0. The van der Waals surface area contributed by atoms with Crippen molar-refractivity contribution < 1.29 is 9.59 Å². The number of nitrogens with zero attached hydrogens (tertiary/aromatic N) is 1. The molecule has 0 radical (unpaired) electrons. The van der Waals surface area contributed by atoms with Gasteiger partial charge in [-0.3, -0.25) is 9.59 Å². The minimum absolute atomic E-state index is 0.0440. The highest BCUT2D eigenvalue weighted by molar-refractivity contribution is 8.04. The molecule has 3 aromatic carbocycles. The van der Waals surface area contributed by atoms with Gasteiger partial charge in [-0.2, -0.15) is 0 Å². The van der Waals surface area contributed by atoms with E-state index in [-0.39, 0.29) is 23.8 Å². The topological polar surface area (TPSA) is 49.4 Å². The maximum absolute atomic E-state index is 13.8. The van der Waals surface area contributed by atoms with Gasteiger partial charge in [0, 0.05) is 30.3 Å². The molecule has 1 N–H and O–H groups in total. The van der Waals surface area contributed by atoms with E-state index in [9.17, 15) is 9.59 Å². The number of nitrogens with one attached hydrogen (secondary N) is 1. The Morgan fingerprint density at radius 3 is 2.50 bits per heavy atom. The molecule has 1 aliphatic carbocycles. The highest BCUT2D eigenvalue weighted by Crippen LogP contribution is 2.44. The van der Waals surface area contributed by atoms with Crippen LogP contribution in [-0.4, -0.2) is 34.6 Å². The summed E-state index contributed by atoms with van der Waals surface area (Å²) in [5.41, 5.74) is 5.83. The number of amides is 2. The lowest BCUT2D eigenvalue weighted by atomic mass is 9.83. The number of rotatable bonds is 7. The van der Waals surface area contributed by atoms with Gasteiger partial charge in [0.15, 0.2) is 0 Å². The first kappa shape index (κ1) is 26.3. The predicted octanol–water partition coefficient (Wildman–Crippen LogP) is 6.32. The van der Waals surface area contributed by atoms with E-state index in [2.05, 4.69) is 67.7 Å². The standard InChI is InChI=1S/C33H36N2O2S/c1-23-11-13-25(14-12-23)17-18-34-32(36)28-15-16-30-29(21-28)35(22-27-10-6-7-24(2)19-27)33(37)31(38-30)20-26-8-4-3-5-9-26/h3-14,19-20,28-30H,15-18,21-22H2,1-2H3,(H,34,36)/b31-20-.